The number of carbonyl (C=O) groups is 3. The second kappa shape index (κ2) is 5.80. The first-order chi connectivity index (χ1) is 12.5. The van der Waals surface area contributed by atoms with E-state index in [-0.39, 0.29) is 24.3 Å². The van der Waals surface area contributed by atoms with Crippen LogP contribution in [-0.4, -0.2) is 41.1 Å². The molecule has 3 amide bonds. The van der Waals surface area contributed by atoms with Gasteiger partial charge in [-0.1, -0.05) is 60.7 Å². The average Bonchev–Trinajstić information content (AvgIpc) is 3.07. The molecule has 2 aromatic carbocycles. The quantitative estimate of drug-likeness (QED) is 0.630. The first kappa shape index (κ1) is 16.5. The molecule has 2 aliphatic rings. The van der Waals surface area contributed by atoms with Crippen molar-refractivity contribution in [2.45, 2.75) is 12.5 Å². The highest BCUT2D eigenvalue weighted by Crippen LogP contribution is 2.54. The molecule has 5 heteroatoms. The van der Waals surface area contributed by atoms with Crippen LogP contribution in [0.3, 0.4) is 0 Å². The Morgan fingerprint density at radius 3 is 1.77 bits per heavy atom. The Kier molecular flexibility index (Phi) is 3.68. The molecule has 4 rings (SSSR count). The fraction of sp³-hybridized carbons (Fsp3) is 0.286. The van der Waals surface area contributed by atoms with E-state index in [9.17, 15) is 14.4 Å². The van der Waals surface area contributed by atoms with Crippen molar-refractivity contribution in [1.82, 2.24) is 9.80 Å². The summed E-state index contributed by atoms with van der Waals surface area (Å²) in [5.74, 6) is -2.65. The van der Waals surface area contributed by atoms with Gasteiger partial charge in [0, 0.05) is 13.6 Å². The zero-order valence-corrected chi connectivity index (χ0v) is 14.8. The number of fused-ring (bicyclic) bond motifs is 1. The molecular formula is C21H20N2O3. The minimum Gasteiger partial charge on any atom is -0.330 e. The monoisotopic (exact) mass is 348 g/mol. The Balaban J connectivity index is 2.04. The molecule has 2 atom stereocenters. The summed E-state index contributed by atoms with van der Waals surface area (Å²) in [7, 11) is 1.69. The van der Waals surface area contributed by atoms with Crippen molar-refractivity contribution in [2.24, 2.45) is 11.8 Å². The molecule has 2 saturated heterocycles. The molecule has 0 aliphatic carbocycles. The van der Waals surface area contributed by atoms with Gasteiger partial charge in [-0.3, -0.25) is 19.3 Å². The van der Waals surface area contributed by atoms with Gasteiger partial charge in [-0.05, 0) is 18.1 Å². The van der Waals surface area contributed by atoms with Crippen molar-refractivity contribution in [1.29, 1.82) is 0 Å². The van der Waals surface area contributed by atoms with E-state index >= 15 is 0 Å². The number of amides is 3. The minimum atomic E-state index is -0.985. The normalized spacial score (nSPS) is 24.3. The lowest BCUT2D eigenvalue weighted by molar-refractivity contribution is -0.144. The lowest BCUT2D eigenvalue weighted by Crippen LogP contribution is -2.49. The predicted octanol–water partition coefficient (Wildman–Crippen LogP) is 2.02. The highest BCUT2D eigenvalue weighted by molar-refractivity contribution is 6.17. The number of benzene rings is 2. The number of hydrogen-bond acceptors (Lipinski definition) is 3. The molecule has 0 unspecified atom stereocenters. The van der Waals surface area contributed by atoms with Gasteiger partial charge in [-0.2, -0.15) is 0 Å². The van der Waals surface area contributed by atoms with E-state index in [0.29, 0.717) is 0 Å². The number of rotatable bonds is 3. The second-order valence-corrected chi connectivity index (χ2v) is 6.77. The van der Waals surface area contributed by atoms with Crippen LogP contribution in [0.1, 0.15) is 18.1 Å². The summed E-state index contributed by atoms with van der Waals surface area (Å²) >= 11 is 0. The highest BCUT2D eigenvalue weighted by atomic mass is 16.2. The van der Waals surface area contributed by atoms with E-state index in [0.717, 1.165) is 11.1 Å². The number of nitrogens with zero attached hydrogens (tertiary/aromatic N) is 2. The molecule has 0 bridgehead atoms. The SMILES string of the molecule is CCN1C(=O)[C@H]2C(=O)N(C)C(c3ccccc3)(c3ccccc3)[C@@H]2C1=O. The smallest absolute Gasteiger partial charge is 0.242 e. The maximum atomic E-state index is 13.2. The summed E-state index contributed by atoms with van der Waals surface area (Å²) in [6.45, 7) is 2.04. The average molecular weight is 348 g/mol. The van der Waals surface area contributed by atoms with Gasteiger partial charge in [0.05, 0.1) is 5.92 Å². The number of likely N-dealkylation sites (tertiary alicyclic amines) is 2. The molecule has 0 spiro atoms. The third-order valence-electron chi connectivity index (χ3n) is 5.72. The third kappa shape index (κ3) is 1.88. The largest absolute Gasteiger partial charge is 0.330 e. The Labute approximate surface area is 152 Å². The zero-order chi connectivity index (χ0) is 18.5. The van der Waals surface area contributed by atoms with Crippen LogP contribution in [-0.2, 0) is 19.9 Å². The van der Waals surface area contributed by atoms with E-state index in [2.05, 4.69) is 0 Å². The molecule has 0 aromatic heterocycles. The predicted molar refractivity (Wildman–Crippen MR) is 95.8 cm³/mol. The van der Waals surface area contributed by atoms with Gasteiger partial charge in [0.25, 0.3) is 0 Å². The van der Waals surface area contributed by atoms with Gasteiger partial charge < -0.3 is 4.90 Å². The first-order valence-electron chi connectivity index (χ1n) is 8.79. The summed E-state index contributed by atoms with van der Waals surface area (Å²) in [6.07, 6.45) is 0. The van der Waals surface area contributed by atoms with Crippen LogP contribution in [0.25, 0.3) is 0 Å². The Morgan fingerprint density at radius 1 is 0.808 bits per heavy atom. The number of imide groups is 1. The molecule has 26 heavy (non-hydrogen) atoms. The minimum absolute atomic E-state index is 0.270. The van der Waals surface area contributed by atoms with Crippen molar-refractivity contribution in [3.63, 3.8) is 0 Å². The molecule has 2 aliphatic heterocycles. The van der Waals surface area contributed by atoms with Crippen LogP contribution in [0.15, 0.2) is 60.7 Å². The molecular weight excluding hydrogens is 328 g/mol. The summed E-state index contributed by atoms with van der Waals surface area (Å²) in [4.78, 5) is 41.9. The van der Waals surface area contributed by atoms with Gasteiger partial charge in [0.1, 0.15) is 11.5 Å². The molecule has 0 saturated carbocycles. The Bertz CT molecular complexity index is 839. The maximum absolute atomic E-state index is 13.2. The molecule has 5 nitrogen and oxygen atoms in total. The molecule has 132 valence electrons. The Morgan fingerprint density at radius 2 is 1.31 bits per heavy atom. The van der Waals surface area contributed by atoms with Crippen molar-refractivity contribution in [3.05, 3.63) is 71.8 Å². The Hall–Kier alpha value is -2.95. The number of hydrogen-bond donors (Lipinski definition) is 0. The van der Waals surface area contributed by atoms with Crippen LogP contribution in [0.5, 0.6) is 0 Å². The van der Waals surface area contributed by atoms with Crippen molar-refractivity contribution < 1.29 is 14.4 Å². The molecule has 2 fully saturated rings. The van der Waals surface area contributed by atoms with Crippen molar-refractivity contribution in [2.75, 3.05) is 13.6 Å². The first-order valence-corrected chi connectivity index (χ1v) is 8.79. The highest BCUT2D eigenvalue weighted by Gasteiger charge is 2.69. The van der Waals surface area contributed by atoms with E-state index in [1.54, 1.807) is 18.9 Å². The topological polar surface area (TPSA) is 57.7 Å². The maximum Gasteiger partial charge on any atom is 0.242 e. The fourth-order valence-corrected chi connectivity index (χ4v) is 4.60. The summed E-state index contributed by atoms with van der Waals surface area (Å²) < 4.78 is 0. The summed E-state index contributed by atoms with van der Waals surface area (Å²) in [6, 6.07) is 19.1. The lowest BCUT2D eigenvalue weighted by Gasteiger charge is -2.40. The van der Waals surface area contributed by atoms with E-state index in [4.69, 9.17) is 0 Å². The fourth-order valence-electron chi connectivity index (χ4n) is 4.60. The van der Waals surface area contributed by atoms with Crippen LogP contribution in [0.4, 0.5) is 0 Å². The van der Waals surface area contributed by atoms with Crippen molar-refractivity contribution >= 4 is 17.7 Å². The van der Waals surface area contributed by atoms with E-state index < -0.39 is 17.4 Å². The molecule has 2 aromatic rings. The van der Waals surface area contributed by atoms with Crippen molar-refractivity contribution in [3.8, 4) is 0 Å². The van der Waals surface area contributed by atoms with Crippen LogP contribution >= 0.6 is 0 Å². The van der Waals surface area contributed by atoms with E-state index in [1.807, 2.05) is 60.7 Å². The molecule has 2 heterocycles. The summed E-state index contributed by atoms with van der Waals surface area (Å²) in [5.41, 5.74) is 0.698. The van der Waals surface area contributed by atoms with Gasteiger partial charge in [0.15, 0.2) is 0 Å². The standard InChI is InChI=1S/C21H20N2O3/c1-3-23-19(25)16-17(20(23)26)21(22(2)18(16)24,14-10-6-4-7-11-14)15-12-8-5-9-13-15/h4-13,16-17H,3H2,1-2H3/t16-,17+/m1/s1. The van der Waals surface area contributed by atoms with Crippen LogP contribution in [0.2, 0.25) is 0 Å². The summed E-state index contributed by atoms with van der Waals surface area (Å²) in [5, 5.41) is 0. The van der Waals surface area contributed by atoms with Gasteiger partial charge in [-0.15, -0.1) is 0 Å². The van der Waals surface area contributed by atoms with Crippen LogP contribution in [0, 0.1) is 11.8 Å². The lowest BCUT2D eigenvalue weighted by atomic mass is 9.71. The van der Waals surface area contributed by atoms with Gasteiger partial charge in [-0.25, -0.2) is 0 Å². The third-order valence-corrected chi connectivity index (χ3v) is 5.72. The second-order valence-electron chi connectivity index (χ2n) is 6.77. The number of carbonyl (C=O) groups excluding carboxylic acids is 3. The van der Waals surface area contributed by atoms with E-state index in [1.165, 1.54) is 4.90 Å². The van der Waals surface area contributed by atoms with Crippen LogP contribution < -0.4 is 0 Å². The molecule has 0 radical (unpaired) electrons. The van der Waals surface area contributed by atoms with Gasteiger partial charge in [0.2, 0.25) is 17.7 Å². The molecule has 0 N–H and O–H groups in total. The zero-order valence-electron chi connectivity index (χ0n) is 14.8. The van der Waals surface area contributed by atoms with Gasteiger partial charge >= 0.3 is 0 Å².